The third-order valence-corrected chi connectivity index (χ3v) is 8.79. The van der Waals surface area contributed by atoms with Crippen LogP contribution in [-0.2, 0) is 4.79 Å². The number of nitrogens with one attached hydrogen (secondary N) is 1. The van der Waals surface area contributed by atoms with Crippen LogP contribution in [0.15, 0.2) is 30.9 Å². The van der Waals surface area contributed by atoms with Gasteiger partial charge in [-0.1, -0.05) is 30.3 Å². The van der Waals surface area contributed by atoms with E-state index in [0.717, 1.165) is 6.42 Å². The van der Waals surface area contributed by atoms with Crippen LogP contribution in [0.5, 0.6) is 5.75 Å². The van der Waals surface area contributed by atoms with E-state index in [9.17, 15) is 9.59 Å². The number of nitrogens with zero attached hydrogens (tertiary/aromatic N) is 4. The maximum Gasteiger partial charge on any atom is 0.261 e. The highest BCUT2D eigenvalue weighted by Crippen LogP contribution is 2.47. The summed E-state index contributed by atoms with van der Waals surface area (Å²) in [5.74, 6) is 0.121. The quantitative estimate of drug-likeness (QED) is 0.503. The summed E-state index contributed by atoms with van der Waals surface area (Å²) in [5.41, 5.74) is 0.927. The second-order valence-corrected chi connectivity index (χ2v) is 12.0. The summed E-state index contributed by atoms with van der Waals surface area (Å²) in [4.78, 5) is 37.1. The summed E-state index contributed by atoms with van der Waals surface area (Å²) in [7, 11) is 2.00. The zero-order valence-corrected chi connectivity index (χ0v) is 24.4. The van der Waals surface area contributed by atoms with Crippen molar-refractivity contribution < 1.29 is 18.7 Å². The monoisotopic (exact) mass is 569 g/mol. The zero-order valence-electron chi connectivity index (χ0n) is 23.6. The van der Waals surface area contributed by atoms with Crippen molar-refractivity contribution >= 4 is 29.1 Å². The Bertz CT molecular complexity index is 1350. The first-order valence-corrected chi connectivity index (χ1v) is 14.2. The summed E-state index contributed by atoms with van der Waals surface area (Å²) in [6.07, 6.45) is 2.52. The molecule has 10 heteroatoms. The molecule has 0 spiro atoms. The molecule has 0 saturated carbocycles. The number of likely N-dealkylation sites (N-methyl/N-ethyl adjacent to an activating group) is 1. The van der Waals surface area contributed by atoms with Crippen LogP contribution < -0.4 is 15.0 Å². The van der Waals surface area contributed by atoms with Crippen LogP contribution in [0.3, 0.4) is 0 Å². The fourth-order valence-electron chi connectivity index (χ4n) is 6.01. The van der Waals surface area contributed by atoms with E-state index in [2.05, 4.69) is 35.5 Å². The molecule has 1 amide bonds. The Balaban J connectivity index is 1.64. The molecule has 1 N–H and O–H groups in total. The number of ketones is 1. The maximum atomic E-state index is 15.4. The number of hydrogen-bond acceptors (Lipinski definition) is 7. The molecule has 0 aliphatic carbocycles. The number of piperazine rings is 1. The minimum atomic E-state index is -0.408. The van der Waals surface area contributed by atoms with Gasteiger partial charge in [0.25, 0.3) is 5.91 Å². The van der Waals surface area contributed by atoms with E-state index < -0.39 is 11.4 Å². The number of fused-ring (bicyclic) bond motifs is 2. The standard InChI is InChI=1S/C30H37ClFN5O3/c1-6-21(38)10-12-35(5)19-14-30(3,4)37(16-19)28-23-27(40-17-20-15-33-11-13-36(20)29(23)39)24(31)26(34-28)22-9-7-8-18(2)25(22)32/h6-9,19-20,33H,1,10-17H2,2-5H3/t19?,20-/m1/s1. The number of pyridine rings is 1. The fourth-order valence-corrected chi connectivity index (χ4v) is 6.30. The molecule has 2 aromatic rings. The predicted molar refractivity (Wildman–Crippen MR) is 155 cm³/mol. The number of amides is 1. The number of hydrogen-bond donors (Lipinski definition) is 1. The second kappa shape index (κ2) is 11.1. The average Bonchev–Trinajstić information content (AvgIpc) is 3.18. The van der Waals surface area contributed by atoms with E-state index in [0.29, 0.717) is 56.1 Å². The van der Waals surface area contributed by atoms with E-state index in [-0.39, 0.29) is 52.4 Å². The summed E-state index contributed by atoms with van der Waals surface area (Å²) in [6, 6.07) is 5.08. The van der Waals surface area contributed by atoms with Crippen LogP contribution in [0.1, 0.15) is 42.6 Å². The molecule has 5 rings (SSSR count). The molecule has 2 fully saturated rings. The molecular formula is C30H37ClFN5O3. The molecule has 2 saturated heterocycles. The minimum absolute atomic E-state index is 0.00351. The van der Waals surface area contributed by atoms with Crippen LogP contribution in [0.2, 0.25) is 5.02 Å². The molecule has 214 valence electrons. The zero-order chi connectivity index (χ0) is 28.8. The van der Waals surface area contributed by atoms with Gasteiger partial charge in [-0.25, -0.2) is 9.37 Å². The molecule has 3 aliphatic rings. The van der Waals surface area contributed by atoms with Gasteiger partial charge in [0.2, 0.25) is 0 Å². The number of carbonyl (C=O) groups is 2. The molecule has 3 aliphatic heterocycles. The van der Waals surface area contributed by atoms with Crippen molar-refractivity contribution in [3.8, 4) is 17.0 Å². The lowest BCUT2D eigenvalue weighted by Gasteiger charge is -2.36. The maximum absolute atomic E-state index is 15.4. The Morgan fingerprint density at radius 2 is 2.17 bits per heavy atom. The number of aryl methyl sites for hydroxylation is 1. The van der Waals surface area contributed by atoms with Crippen molar-refractivity contribution in [1.29, 1.82) is 0 Å². The Kier molecular flexibility index (Phi) is 7.92. The molecule has 40 heavy (non-hydrogen) atoms. The number of rotatable bonds is 7. The smallest absolute Gasteiger partial charge is 0.261 e. The summed E-state index contributed by atoms with van der Waals surface area (Å²) in [5, 5.41) is 3.47. The highest BCUT2D eigenvalue weighted by molar-refractivity contribution is 6.35. The number of ether oxygens (including phenoxy) is 1. The largest absolute Gasteiger partial charge is 0.489 e. The van der Waals surface area contributed by atoms with Crippen molar-refractivity contribution in [3.63, 3.8) is 0 Å². The lowest BCUT2D eigenvalue weighted by Crippen LogP contribution is -2.55. The van der Waals surface area contributed by atoms with E-state index in [1.807, 2.05) is 11.9 Å². The SMILES string of the molecule is C=CC(=O)CCN(C)C1CN(c2nc(-c3cccc(C)c3F)c(Cl)c3c2C(=O)N2CCNC[C@@H]2CO3)C(C)(C)C1. The van der Waals surface area contributed by atoms with Gasteiger partial charge in [-0.3, -0.25) is 9.59 Å². The van der Waals surface area contributed by atoms with Crippen LogP contribution >= 0.6 is 11.6 Å². The van der Waals surface area contributed by atoms with Crippen molar-refractivity contribution in [2.45, 2.75) is 51.2 Å². The van der Waals surface area contributed by atoms with E-state index in [1.54, 1.807) is 25.1 Å². The molecule has 1 aromatic carbocycles. The van der Waals surface area contributed by atoms with Crippen LogP contribution in [0, 0.1) is 12.7 Å². The molecule has 0 bridgehead atoms. The predicted octanol–water partition coefficient (Wildman–Crippen LogP) is 4.09. The topological polar surface area (TPSA) is 78.0 Å². The molecular weight excluding hydrogens is 533 g/mol. The Morgan fingerprint density at radius 3 is 2.92 bits per heavy atom. The summed E-state index contributed by atoms with van der Waals surface area (Å²) in [6.45, 7) is 12.8. The highest BCUT2D eigenvalue weighted by Gasteiger charge is 2.45. The normalized spacial score (nSPS) is 22.0. The average molecular weight is 570 g/mol. The summed E-state index contributed by atoms with van der Waals surface area (Å²) >= 11 is 6.93. The summed E-state index contributed by atoms with van der Waals surface area (Å²) < 4.78 is 21.7. The van der Waals surface area contributed by atoms with Crippen molar-refractivity contribution in [2.75, 3.05) is 51.3 Å². The van der Waals surface area contributed by atoms with E-state index in [4.69, 9.17) is 21.3 Å². The van der Waals surface area contributed by atoms with Gasteiger partial charge in [0.15, 0.2) is 11.5 Å². The van der Waals surface area contributed by atoms with E-state index >= 15 is 4.39 Å². The minimum Gasteiger partial charge on any atom is -0.489 e. The molecule has 1 unspecified atom stereocenters. The van der Waals surface area contributed by atoms with Gasteiger partial charge < -0.3 is 24.8 Å². The second-order valence-electron chi connectivity index (χ2n) is 11.6. The highest BCUT2D eigenvalue weighted by atomic mass is 35.5. The number of benzene rings is 1. The Morgan fingerprint density at radius 1 is 1.40 bits per heavy atom. The van der Waals surface area contributed by atoms with Crippen LogP contribution in [0.25, 0.3) is 11.3 Å². The van der Waals surface area contributed by atoms with Gasteiger partial charge in [-0.05, 0) is 51.9 Å². The lowest BCUT2D eigenvalue weighted by molar-refractivity contribution is -0.114. The Hall–Kier alpha value is -3.01. The van der Waals surface area contributed by atoms with Crippen molar-refractivity contribution in [1.82, 2.24) is 20.1 Å². The van der Waals surface area contributed by atoms with Gasteiger partial charge in [-0.15, -0.1) is 0 Å². The van der Waals surface area contributed by atoms with Gasteiger partial charge in [0.05, 0.1) is 11.7 Å². The first-order valence-electron chi connectivity index (χ1n) is 13.8. The first-order chi connectivity index (χ1) is 19.0. The van der Waals surface area contributed by atoms with Crippen LogP contribution in [-0.4, -0.2) is 90.5 Å². The van der Waals surface area contributed by atoms with Gasteiger partial charge in [0, 0.05) is 56.3 Å². The van der Waals surface area contributed by atoms with Crippen molar-refractivity contribution in [3.05, 3.63) is 52.8 Å². The molecule has 8 nitrogen and oxygen atoms in total. The fraction of sp³-hybridized carbons (Fsp3) is 0.500. The molecule has 2 atom stereocenters. The van der Waals surface area contributed by atoms with Crippen molar-refractivity contribution in [2.24, 2.45) is 0 Å². The molecule has 4 heterocycles. The lowest BCUT2D eigenvalue weighted by atomic mass is 9.98. The third kappa shape index (κ3) is 5.10. The third-order valence-electron chi connectivity index (χ3n) is 8.44. The number of allylic oxidation sites excluding steroid dienone is 1. The molecule has 0 radical (unpaired) electrons. The number of carbonyl (C=O) groups excluding carboxylic acids is 2. The van der Waals surface area contributed by atoms with E-state index in [1.165, 1.54) is 6.08 Å². The number of aromatic nitrogens is 1. The Labute approximate surface area is 240 Å². The van der Waals surface area contributed by atoms with Crippen LogP contribution in [0.4, 0.5) is 10.2 Å². The number of anilines is 1. The van der Waals surface area contributed by atoms with Gasteiger partial charge in [-0.2, -0.15) is 0 Å². The number of halogens is 2. The molecule has 1 aromatic heterocycles. The van der Waals surface area contributed by atoms with Gasteiger partial charge >= 0.3 is 0 Å². The first kappa shape index (κ1) is 28.5. The van der Waals surface area contributed by atoms with Gasteiger partial charge in [0.1, 0.15) is 28.8 Å².